The Bertz CT molecular complexity index is 568. The molecule has 1 N–H and O–H groups in total. The molecule has 2 heterocycles. The molecular formula is C14H20N6O. The van der Waals surface area contributed by atoms with Crippen LogP contribution in [0.25, 0.3) is 0 Å². The van der Waals surface area contributed by atoms with E-state index in [0.717, 1.165) is 17.9 Å². The first kappa shape index (κ1) is 15.1. The van der Waals surface area contributed by atoms with E-state index in [1.807, 2.05) is 31.1 Å². The summed E-state index contributed by atoms with van der Waals surface area (Å²) in [5, 5.41) is 6.88. The minimum absolute atomic E-state index is 0.00808. The number of hydrogen-bond acceptors (Lipinski definition) is 5. The summed E-state index contributed by atoms with van der Waals surface area (Å²) < 4.78 is 1.71. The fraction of sp³-hybridized carbons (Fsp3) is 0.429. The molecule has 0 radical (unpaired) electrons. The monoisotopic (exact) mass is 288 g/mol. The van der Waals surface area contributed by atoms with Crippen LogP contribution in [-0.2, 0) is 24.8 Å². The Morgan fingerprint density at radius 3 is 2.81 bits per heavy atom. The van der Waals surface area contributed by atoms with E-state index < -0.39 is 0 Å². The highest BCUT2D eigenvalue weighted by Gasteiger charge is 2.07. The van der Waals surface area contributed by atoms with Crippen LogP contribution in [-0.4, -0.2) is 50.7 Å². The molecule has 0 saturated heterocycles. The van der Waals surface area contributed by atoms with Crippen molar-refractivity contribution in [3.05, 3.63) is 42.2 Å². The van der Waals surface area contributed by atoms with Crippen LogP contribution >= 0.6 is 0 Å². The lowest BCUT2D eigenvalue weighted by molar-refractivity contribution is -0.122. The summed E-state index contributed by atoms with van der Waals surface area (Å²) in [6.07, 6.45) is 5.70. The van der Waals surface area contributed by atoms with E-state index in [4.69, 9.17) is 0 Å². The molecule has 0 aliphatic rings. The minimum atomic E-state index is 0.00808. The normalized spacial score (nSPS) is 10.8. The molecule has 0 bridgehead atoms. The number of carbonyl (C=O) groups is 1. The van der Waals surface area contributed by atoms with Crippen molar-refractivity contribution in [3.8, 4) is 0 Å². The minimum Gasteiger partial charge on any atom is -0.355 e. The van der Waals surface area contributed by atoms with Gasteiger partial charge in [0.1, 0.15) is 12.2 Å². The van der Waals surface area contributed by atoms with Crippen LogP contribution in [0.1, 0.15) is 11.4 Å². The molecule has 0 spiro atoms. The van der Waals surface area contributed by atoms with Gasteiger partial charge in [0, 0.05) is 39.0 Å². The number of aromatic nitrogens is 4. The third kappa shape index (κ3) is 4.96. The summed E-state index contributed by atoms with van der Waals surface area (Å²) in [5.41, 5.74) is 1.14. The van der Waals surface area contributed by atoms with Crippen LogP contribution in [0.3, 0.4) is 0 Å². The molecule has 112 valence electrons. The standard InChI is InChI=1S/C14H20N6O/c1-19(9-12-3-6-15-7-4-12)10-14(21)16-8-5-13-17-11-18-20(13)2/h3-4,6-7,11H,5,8-10H2,1-2H3,(H,16,21). The van der Waals surface area contributed by atoms with Gasteiger partial charge in [0.25, 0.3) is 0 Å². The second-order valence-corrected chi connectivity index (χ2v) is 4.93. The molecule has 7 heteroatoms. The van der Waals surface area contributed by atoms with Gasteiger partial charge in [0.2, 0.25) is 5.91 Å². The maximum atomic E-state index is 11.8. The highest BCUT2D eigenvalue weighted by atomic mass is 16.2. The molecule has 2 aromatic heterocycles. The van der Waals surface area contributed by atoms with E-state index >= 15 is 0 Å². The first-order valence-corrected chi connectivity index (χ1v) is 6.82. The molecule has 0 saturated carbocycles. The third-order valence-electron chi connectivity index (χ3n) is 3.09. The summed E-state index contributed by atoms with van der Waals surface area (Å²) in [6.45, 7) is 1.65. The zero-order valence-corrected chi connectivity index (χ0v) is 12.4. The van der Waals surface area contributed by atoms with Crippen LogP contribution in [0.2, 0.25) is 0 Å². The van der Waals surface area contributed by atoms with Crippen molar-refractivity contribution in [2.24, 2.45) is 7.05 Å². The van der Waals surface area contributed by atoms with E-state index in [-0.39, 0.29) is 5.91 Å². The number of likely N-dealkylation sites (N-methyl/N-ethyl adjacent to an activating group) is 1. The van der Waals surface area contributed by atoms with Gasteiger partial charge in [-0.25, -0.2) is 4.98 Å². The van der Waals surface area contributed by atoms with Crippen LogP contribution in [0.15, 0.2) is 30.9 Å². The Kier molecular flexibility index (Phi) is 5.39. The van der Waals surface area contributed by atoms with Crippen LogP contribution in [0.5, 0.6) is 0 Å². The first-order valence-electron chi connectivity index (χ1n) is 6.82. The molecule has 0 fully saturated rings. The molecule has 0 aliphatic heterocycles. The van der Waals surface area contributed by atoms with E-state index in [1.54, 1.807) is 17.1 Å². The zero-order chi connectivity index (χ0) is 15.1. The SMILES string of the molecule is CN(CC(=O)NCCc1ncnn1C)Cc1ccncc1. The highest BCUT2D eigenvalue weighted by molar-refractivity contribution is 5.77. The number of rotatable bonds is 7. The summed E-state index contributed by atoms with van der Waals surface area (Å²) in [4.78, 5) is 21.9. The maximum Gasteiger partial charge on any atom is 0.234 e. The predicted molar refractivity (Wildman–Crippen MR) is 78.3 cm³/mol. The first-order chi connectivity index (χ1) is 10.1. The van der Waals surface area contributed by atoms with E-state index in [1.165, 1.54) is 6.33 Å². The summed E-state index contributed by atoms with van der Waals surface area (Å²) >= 11 is 0. The van der Waals surface area contributed by atoms with Crippen molar-refractivity contribution < 1.29 is 4.79 Å². The highest BCUT2D eigenvalue weighted by Crippen LogP contribution is 2.00. The molecule has 0 unspecified atom stereocenters. The van der Waals surface area contributed by atoms with Crippen molar-refractivity contribution in [2.75, 3.05) is 20.1 Å². The van der Waals surface area contributed by atoms with Crippen molar-refractivity contribution >= 4 is 5.91 Å². The van der Waals surface area contributed by atoms with Crippen molar-refractivity contribution in [3.63, 3.8) is 0 Å². The second-order valence-electron chi connectivity index (χ2n) is 4.93. The van der Waals surface area contributed by atoms with E-state index in [0.29, 0.717) is 19.5 Å². The number of nitrogens with zero attached hydrogens (tertiary/aromatic N) is 5. The van der Waals surface area contributed by atoms with Crippen molar-refractivity contribution in [1.82, 2.24) is 30.0 Å². The molecule has 2 aromatic rings. The Hall–Kier alpha value is -2.28. The topological polar surface area (TPSA) is 75.9 Å². The Balaban J connectivity index is 1.68. The Morgan fingerprint density at radius 1 is 1.38 bits per heavy atom. The van der Waals surface area contributed by atoms with Gasteiger partial charge in [0.05, 0.1) is 6.54 Å². The second kappa shape index (κ2) is 7.49. The lowest BCUT2D eigenvalue weighted by atomic mass is 10.2. The number of amides is 1. The molecule has 7 nitrogen and oxygen atoms in total. The van der Waals surface area contributed by atoms with Crippen LogP contribution in [0, 0.1) is 0 Å². The number of nitrogens with one attached hydrogen (secondary N) is 1. The van der Waals surface area contributed by atoms with Gasteiger partial charge in [-0.15, -0.1) is 0 Å². The molecule has 2 rings (SSSR count). The lowest BCUT2D eigenvalue weighted by Crippen LogP contribution is -2.36. The number of carbonyl (C=O) groups excluding carboxylic acids is 1. The zero-order valence-electron chi connectivity index (χ0n) is 12.4. The lowest BCUT2D eigenvalue weighted by Gasteiger charge is -2.16. The largest absolute Gasteiger partial charge is 0.355 e. The summed E-state index contributed by atoms with van der Waals surface area (Å²) in [6, 6.07) is 3.89. The van der Waals surface area contributed by atoms with Gasteiger partial charge in [-0.3, -0.25) is 19.4 Å². The molecule has 0 aromatic carbocycles. The summed E-state index contributed by atoms with van der Waals surface area (Å²) in [5.74, 6) is 0.870. The predicted octanol–water partition coefficient (Wildman–Crippen LogP) is 0.000800. The number of pyridine rings is 1. The third-order valence-corrected chi connectivity index (χ3v) is 3.09. The van der Waals surface area contributed by atoms with E-state index in [2.05, 4.69) is 20.4 Å². The van der Waals surface area contributed by atoms with Gasteiger partial charge in [-0.2, -0.15) is 5.10 Å². The number of hydrogen-bond donors (Lipinski definition) is 1. The molecular weight excluding hydrogens is 268 g/mol. The number of aryl methyl sites for hydroxylation is 1. The average Bonchev–Trinajstić information content (AvgIpc) is 2.85. The smallest absolute Gasteiger partial charge is 0.234 e. The molecule has 0 aliphatic carbocycles. The van der Waals surface area contributed by atoms with Gasteiger partial charge in [-0.05, 0) is 24.7 Å². The van der Waals surface area contributed by atoms with Gasteiger partial charge in [0.15, 0.2) is 0 Å². The van der Waals surface area contributed by atoms with Crippen LogP contribution < -0.4 is 5.32 Å². The van der Waals surface area contributed by atoms with Crippen molar-refractivity contribution in [2.45, 2.75) is 13.0 Å². The van der Waals surface area contributed by atoms with Crippen molar-refractivity contribution in [1.29, 1.82) is 0 Å². The Labute approximate surface area is 124 Å². The average molecular weight is 288 g/mol. The molecule has 1 amide bonds. The van der Waals surface area contributed by atoms with Gasteiger partial charge in [-0.1, -0.05) is 0 Å². The van der Waals surface area contributed by atoms with Gasteiger partial charge < -0.3 is 5.32 Å². The van der Waals surface area contributed by atoms with Gasteiger partial charge >= 0.3 is 0 Å². The van der Waals surface area contributed by atoms with E-state index in [9.17, 15) is 4.79 Å². The molecule has 21 heavy (non-hydrogen) atoms. The maximum absolute atomic E-state index is 11.8. The summed E-state index contributed by atoms with van der Waals surface area (Å²) in [7, 11) is 3.76. The Morgan fingerprint density at radius 2 is 2.14 bits per heavy atom. The van der Waals surface area contributed by atoms with Crippen LogP contribution in [0.4, 0.5) is 0 Å². The fourth-order valence-corrected chi connectivity index (χ4v) is 2.02. The molecule has 0 atom stereocenters. The fourth-order valence-electron chi connectivity index (χ4n) is 2.02. The quantitative estimate of drug-likeness (QED) is 0.776.